The molecule has 0 bridgehead atoms. The fourth-order valence-electron chi connectivity index (χ4n) is 2.18. The highest BCUT2D eigenvalue weighted by molar-refractivity contribution is 9.10. The summed E-state index contributed by atoms with van der Waals surface area (Å²) in [5.41, 5.74) is 1.29. The second-order valence-electron chi connectivity index (χ2n) is 5.50. The zero-order valence-corrected chi connectivity index (χ0v) is 15.3. The fourth-order valence-corrected chi connectivity index (χ4v) is 2.45. The van der Waals surface area contributed by atoms with E-state index in [4.69, 9.17) is 4.74 Å². The van der Waals surface area contributed by atoms with E-state index in [1.165, 1.54) is 6.92 Å². The summed E-state index contributed by atoms with van der Waals surface area (Å²) in [6.45, 7) is 0.981. The fraction of sp³-hybridized carbons (Fsp3) is 0.211. The summed E-state index contributed by atoms with van der Waals surface area (Å²) in [5, 5.41) is 2.61. The van der Waals surface area contributed by atoms with Crippen LogP contribution < -0.4 is 5.32 Å². The topological polar surface area (TPSA) is 72.5 Å². The average molecular weight is 404 g/mol. The molecule has 0 saturated heterocycles. The first-order valence-corrected chi connectivity index (χ1v) is 8.51. The normalized spacial score (nSPS) is 11.4. The van der Waals surface area contributed by atoms with E-state index in [0.29, 0.717) is 12.0 Å². The largest absolute Gasteiger partial charge is 0.452 e. The number of ether oxygens (including phenoxy) is 1. The smallest absolute Gasteiger partial charge is 0.338 e. The Hall–Kier alpha value is -2.47. The molecule has 0 radical (unpaired) electrons. The van der Waals surface area contributed by atoms with Crippen LogP contribution in [0.15, 0.2) is 59.1 Å². The van der Waals surface area contributed by atoms with Gasteiger partial charge >= 0.3 is 5.97 Å². The minimum Gasteiger partial charge on any atom is -0.452 e. The third-order valence-electron chi connectivity index (χ3n) is 3.52. The van der Waals surface area contributed by atoms with Gasteiger partial charge in [0.15, 0.2) is 12.4 Å². The van der Waals surface area contributed by atoms with Gasteiger partial charge in [-0.25, -0.2) is 4.79 Å². The van der Waals surface area contributed by atoms with Crippen LogP contribution in [0.25, 0.3) is 0 Å². The molecule has 2 aromatic rings. The van der Waals surface area contributed by atoms with E-state index >= 15 is 0 Å². The second kappa shape index (κ2) is 9.13. The highest BCUT2D eigenvalue weighted by Crippen LogP contribution is 2.11. The monoisotopic (exact) mass is 403 g/mol. The van der Waals surface area contributed by atoms with E-state index in [2.05, 4.69) is 21.2 Å². The van der Waals surface area contributed by atoms with Crippen LogP contribution in [0.4, 0.5) is 0 Å². The number of nitrogens with one attached hydrogen (secondary N) is 1. The molecule has 0 aliphatic heterocycles. The third kappa shape index (κ3) is 6.15. The number of Topliss-reactive ketones (excluding diaryl/α,β-unsaturated/α-hetero) is 1. The summed E-state index contributed by atoms with van der Waals surface area (Å²) in [7, 11) is 0. The Bertz CT molecular complexity index is 744. The van der Waals surface area contributed by atoms with Crippen LogP contribution in [0.2, 0.25) is 0 Å². The SMILES string of the molecule is CC(=O)[C@H](Cc1ccccc1)NC(=O)COC(=O)c1ccc(Br)cc1. The quantitative estimate of drug-likeness (QED) is 0.721. The van der Waals surface area contributed by atoms with Crippen LogP contribution in [0.1, 0.15) is 22.8 Å². The molecule has 6 heteroatoms. The van der Waals surface area contributed by atoms with Crippen LogP contribution in [-0.2, 0) is 20.7 Å². The molecular formula is C19H18BrNO4. The van der Waals surface area contributed by atoms with E-state index < -0.39 is 24.5 Å². The van der Waals surface area contributed by atoms with Gasteiger partial charge in [-0.2, -0.15) is 0 Å². The van der Waals surface area contributed by atoms with E-state index in [0.717, 1.165) is 10.0 Å². The van der Waals surface area contributed by atoms with Crippen molar-refractivity contribution in [2.45, 2.75) is 19.4 Å². The maximum atomic E-state index is 12.0. The van der Waals surface area contributed by atoms with Crippen LogP contribution in [0.3, 0.4) is 0 Å². The van der Waals surface area contributed by atoms with E-state index in [1.807, 2.05) is 30.3 Å². The lowest BCUT2D eigenvalue weighted by molar-refractivity contribution is -0.128. The number of esters is 1. The summed E-state index contributed by atoms with van der Waals surface area (Å²) in [6.07, 6.45) is 0.391. The van der Waals surface area contributed by atoms with E-state index in [-0.39, 0.29) is 5.78 Å². The molecule has 0 spiro atoms. The minimum atomic E-state index is -0.652. The molecule has 0 aliphatic carbocycles. The highest BCUT2D eigenvalue weighted by atomic mass is 79.9. The lowest BCUT2D eigenvalue weighted by Gasteiger charge is -2.16. The molecule has 0 aliphatic rings. The van der Waals surface area contributed by atoms with Crippen molar-refractivity contribution in [2.24, 2.45) is 0 Å². The van der Waals surface area contributed by atoms with E-state index in [9.17, 15) is 14.4 Å². The molecule has 1 atom stereocenters. The number of hydrogen-bond acceptors (Lipinski definition) is 4. The first-order valence-electron chi connectivity index (χ1n) is 7.72. The molecule has 5 nitrogen and oxygen atoms in total. The van der Waals surface area contributed by atoms with Crippen LogP contribution in [-0.4, -0.2) is 30.3 Å². The van der Waals surface area contributed by atoms with Gasteiger partial charge in [0.05, 0.1) is 11.6 Å². The number of amides is 1. The Balaban J connectivity index is 1.87. The zero-order chi connectivity index (χ0) is 18.2. The molecule has 1 amide bonds. The van der Waals surface area contributed by atoms with Crippen molar-refractivity contribution in [3.8, 4) is 0 Å². The van der Waals surface area contributed by atoms with Gasteiger partial charge in [0, 0.05) is 4.47 Å². The van der Waals surface area contributed by atoms with Crippen LogP contribution in [0, 0.1) is 0 Å². The number of carbonyl (C=O) groups is 3. The number of benzene rings is 2. The second-order valence-corrected chi connectivity index (χ2v) is 6.42. The Labute approximate surface area is 154 Å². The van der Waals surface area contributed by atoms with Crippen molar-refractivity contribution < 1.29 is 19.1 Å². The van der Waals surface area contributed by atoms with Crippen molar-refractivity contribution in [2.75, 3.05) is 6.61 Å². The Morgan fingerprint density at radius 2 is 1.68 bits per heavy atom. The van der Waals surface area contributed by atoms with Gasteiger partial charge in [0.1, 0.15) is 0 Å². The molecular weight excluding hydrogens is 386 g/mol. The number of carbonyl (C=O) groups excluding carboxylic acids is 3. The standard InChI is InChI=1S/C19H18BrNO4/c1-13(22)17(11-14-5-3-2-4-6-14)21-18(23)12-25-19(24)15-7-9-16(20)10-8-15/h2-10,17H,11-12H2,1H3,(H,21,23)/t17-/m0/s1. The molecule has 0 fully saturated rings. The van der Waals surface area contributed by atoms with Gasteiger partial charge in [-0.05, 0) is 43.2 Å². The van der Waals surface area contributed by atoms with Crippen molar-refractivity contribution >= 4 is 33.6 Å². The summed E-state index contributed by atoms with van der Waals surface area (Å²) < 4.78 is 5.82. The third-order valence-corrected chi connectivity index (χ3v) is 4.05. The van der Waals surface area contributed by atoms with Gasteiger partial charge < -0.3 is 10.1 Å². The van der Waals surface area contributed by atoms with Crippen LogP contribution in [0.5, 0.6) is 0 Å². The Morgan fingerprint density at radius 3 is 2.28 bits per heavy atom. The summed E-state index contributed by atoms with van der Waals surface area (Å²) in [4.78, 5) is 35.6. The highest BCUT2D eigenvalue weighted by Gasteiger charge is 2.18. The lowest BCUT2D eigenvalue weighted by Crippen LogP contribution is -2.43. The number of halogens is 1. The molecule has 0 heterocycles. The number of ketones is 1. The summed E-state index contributed by atoms with van der Waals surface area (Å²) in [5.74, 6) is -1.26. The summed E-state index contributed by atoms with van der Waals surface area (Å²) in [6, 6.07) is 15.3. The number of hydrogen-bond donors (Lipinski definition) is 1. The lowest BCUT2D eigenvalue weighted by atomic mass is 10.0. The van der Waals surface area contributed by atoms with Crippen molar-refractivity contribution in [3.63, 3.8) is 0 Å². The first-order chi connectivity index (χ1) is 12.0. The minimum absolute atomic E-state index is 0.156. The van der Waals surface area contributed by atoms with Crippen molar-refractivity contribution in [1.29, 1.82) is 0 Å². The molecule has 0 unspecified atom stereocenters. The van der Waals surface area contributed by atoms with Crippen LogP contribution >= 0.6 is 15.9 Å². The predicted molar refractivity (Wildman–Crippen MR) is 97.2 cm³/mol. The maximum Gasteiger partial charge on any atom is 0.338 e. The predicted octanol–water partition coefficient (Wildman–Crippen LogP) is 2.92. The maximum absolute atomic E-state index is 12.0. The molecule has 0 aromatic heterocycles. The van der Waals surface area contributed by atoms with Gasteiger partial charge in [0.2, 0.25) is 0 Å². The van der Waals surface area contributed by atoms with Gasteiger partial charge in [-0.1, -0.05) is 46.3 Å². The molecule has 130 valence electrons. The van der Waals surface area contributed by atoms with Gasteiger partial charge in [-0.15, -0.1) is 0 Å². The molecule has 2 aromatic carbocycles. The Morgan fingerprint density at radius 1 is 1.04 bits per heavy atom. The van der Waals surface area contributed by atoms with E-state index in [1.54, 1.807) is 24.3 Å². The average Bonchev–Trinajstić information content (AvgIpc) is 2.60. The first kappa shape index (κ1) is 18.9. The molecule has 2 rings (SSSR count). The summed E-state index contributed by atoms with van der Waals surface area (Å²) >= 11 is 3.28. The Kier molecular flexibility index (Phi) is 6.89. The zero-order valence-electron chi connectivity index (χ0n) is 13.7. The van der Waals surface area contributed by atoms with Crippen molar-refractivity contribution in [3.05, 3.63) is 70.2 Å². The number of rotatable bonds is 7. The van der Waals surface area contributed by atoms with Gasteiger partial charge in [0.25, 0.3) is 5.91 Å². The van der Waals surface area contributed by atoms with Gasteiger partial charge in [-0.3, -0.25) is 9.59 Å². The van der Waals surface area contributed by atoms with Crippen molar-refractivity contribution in [1.82, 2.24) is 5.32 Å². The molecule has 0 saturated carbocycles. The molecule has 25 heavy (non-hydrogen) atoms. The molecule has 1 N–H and O–H groups in total.